The smallest absolute Gasteiger partial charge is 0.229 e. The summed E-state index contributed by atoms with van der Waals surface area (Å²) in [5, 5.41) is 11.5. The third-order valence-corrected chi connectivity index (χ3v) is 6.02. The van der Waals surface area contributed by atoms with Gasteiger partial charge in [0.1, 0.15) is 11.2 Å². The van der Waals surface area contributed by atoms with Crippen LogP contribution >= 0.6 is 0 Å². The molecule has 1 amide bonds. The summed E-state index contributed by atoms with van der Waals surface area (Å²) in [6.07, 6.45) is 10.2. The summed E-state index contributed by atoms with van der Waals surface area (Å²) in [5.74, 6) is 0.568. The summed E-state index contributed by atoms with van der Waals surface area (Å²) in [4.78, 5) is 29.3. The normalized spacial score (nSPS) is 11.9. The third kappa shape index (κ3) is 3.80. The highest BCUT2D eigenvalue weighted by atomic mass is 16.3. The number of carbonyl (C=O) groups is 1. The van der Waals surface area contributed by atoms with Gasteiger partial charge in [-0.05, 0) is 29.8 Å². The highest BCUT2D eigenvalue weighted by molar-refractivity contribution is 5.98. The van der Waals surface area contributed by atoms with Gasteiger partial charge in [0, 0.05) is 39.9 Å². The number of anilines is 1. The van der Waals surface area contributed by atoms with Gasteiger partial charge in [0.2, 0.25) is 5.91 Å². The van der Waals surface area contributed by atoms with Gasteiger partial charge < -0.3 is 14.7 Å². The fourth-order valence-corrected chi connectivity index (χ4v) is 4.03. The number of carbonyl (C=O) groups excluding carboxylic acids is 1. The van der Waals surface area contributed by atoms with E-state index in [1.165, 1.54) is 0 Å². The topological polar surface area (TPSA) is 125 Å². The van der Waals surface area contributed by atoms with E-state index in [1.807, 2.05) is 51.1 Å². The van der Waals surface area contributed by atoms with E-state index < -0.39 is 5.41 Å². The molecule has 0 atom stereocenters. The SMILES string of the molecule is CC(C)(C)C(=O)Nc1cncc(-c2ccc3[nH]nc(-c4nc5c(-c6ccoc6)cncc5[nH]4)c3c2)c1. The zero-order chi connectivity index (χ0) is 24.9. The van der Waals surface area contributed by atoms with E-state index in [0.717, 1.165) is 44.2 Å². The third-order valence-electron chi connectivity index (χ3n) is 6.02. The molecule has 0 aliphatic heterocycles. The van der Waals surface area contributed by atoms with Crippen molar-refractivity contribution in [1.29, 1.82) is 0 Å². The Kier molecular flexibility index (Phi) is 4.92. The number of H-pyrrole nitrogens is 2. The molecular formula is C27H23N7O2. The maximum Gasteiger partial charge on any atom is 0.229 e. The van der Waals surface area contributed by atoms with Crippen molar-refractivity contribution in [1.82, 2.24) is 30.1 Å². The van der Waals surface area contributed by atoms with Gasteiger partial charge in [-0.3, -0.25) is 19.9 Å². The first-order chi connectivity index (χ1) is 17.4. The molecule has 0 fully saturated rings. The minimum Gasteiger partial charge on any atom is -0.472 e. The lowest BCUT2D eigenvalue weighted by Crippen LogP contribution is -2.27. The van der Waals surface area contributed by atoms with Gasteiger partial charge in [0.05, 0.1) is 41.6 Å². The lowest BCUT2D eigenvalue weighted by molar-refractivity contribution is -0.123. The van der Waals surface area contributed by atoms with Crippen LogP contribution in [-0.2, 0) is 4.79 Å². The number of hydrogen-bond acceptors (Lipinski definition) is 6. The number of rotatable bonds is 4. The first-order valence-electron chi connectivity index (χ1n) is 11.5. The Balaban J connectivity index is 1.40. The van der Waals surface area contributed by atoms with Crippen LogP contribution in [0.4, 0.5) is 5.69 Å². The highest BCUT2D eigenvalue weighted by Gasteiger charge is 2.21. The number of aromatic nitrogens is 6. The summed E-state index contributed by atoms with van der Waals surface area (Å²) in [7, 11) is 0. The first kappa shape index (κ1) is 21.7. The molecule has 0 radical (unpaired) electrons. The Morgan fingerprint density at radius 3 is 2.61 bits per heavy atom. The average Bonchev–Trinajstić information content (AvgIpc) is 3.62. The maximum absolute atomic E-state index is 12.4. The Hall–Kier alpha value is -4.79. The molecule has 3 N–H and O–H groups in total. The standard InChI is InChI=1S/C27H23N7O2/c1-27(2,3)26(35)30-18-8-17(10-28-11-18)15-4-5-21-19(9-15)24(34-33-21)25-31-22-13-29-12-20(23(22)32-25)16-6-7-36-14-16/h4-14H,1-3H3,(H,30,35)(H,31,32)(H,33,34). The number of furan rings is 1. The number of fused-ring (bicyclic) bond motifs is 2. The van der Waals surface area contributed by atoms with Crippen molar-refractivity contribution >= 4 is 33.5 Å². The second kappa shape index (κ2) is 8.16. The maximum atomic E-state index is 12.4. The van der Waals surface area contributed by atoms with Crippen LogP contribution in [0.3, 0.4) is 0 Å². The van der Waals surface area contributed by atoms with Crippen molar-refractivity contribution in [3.05, 3.63) is 67.6 Å². The van der Waals surface area contributed by atoms with Gasteiger partial charge in [0.25, 0.3) is 0 Å². The first-order valence-corrected chi connectivity index (χ1v) is 11.5. The summed E-state index contributed by atoms with van der Waals surface area (Å²) in [5.41, 5.74) is 6.95. The van der Waals surface area contributed by atoms with E-state index in [1.54, 1.807) is 37.3 Å². The van der Waals surface area contributed by atoms with Crippen molar-refractivity contribution < 1.29 is 9.21 Å². The lowest BCUT2D eigenvalue weighted by atomic mass is 9.95. The number of nitrogens with zero attached hydrogens (tertiary/aromatic N) is 4. The molecule has 0 aliphatic carbocycles. The average molecular weight is 478 g/mol. The predicted octanol–water partition coefficient (Wildman–Crippen LogP) is 5.81. The van der Waals surface area contributed by atoms with E-state index in [2.05, 4.69) is 30.5 Å². The van der Waals surface area contributed by atoms with Crippen LogP contribution in [0.5, 0.6) is 0 Å². The lowest BCUT2D eigenvalue weighted by Gasteiger charge is -2.17. The fraction of sp³-hybridized carbons (Fsp3) is 0.148. The summed E-state index contributed by atoms with van der Waals surface area (Å²) < 4.78 is 5.24. The van der Waals surface area contributed by atoms with Crippen LogP contribution in [0.1, 0.15) is 20.8 Å². The predicted molar refractivity (Wildman–Crippen MR) is 138 cm³/mol. The van der Waals surface area contributed by atoms with Gasteiger partial charge in [-0.2, -0.15) is 5.10 Å². The van der Waals surface area contributed by atoms with E-state index in [-0.39, 0.29) is 5.91 Å². The van der Waals surface area contributed by atoms with Gasteiger partial charge in [0.15, 0.2) is 5.82 Å². The van der Waals surface area contributed by atoms with Gasteiger partial charge in [-0.25, -0.2) is 4.98 Å². The van der Waals surface area contributed by atoms with Gasteiger partial charge >= 0.3 is 0 Å². The second-order valence-electron chi connectivity index (χ2n) is 9.68. The molecule has 6 rings (SSSR count). The van der Waals surface area contributed by atoms with E-state index in [0.29, 0.717) is 17.2 Å². The molecule has 36 heavy (non-hydrogen) atoms. The molecule has 0 spiro atoms. The minimum absolute atomic E-state index is 0.0665. The van der Waals surface area contributed by atoms with Crippen molar-refractivity contribution in [3.63, 3.8) is 0 Å². The molecule has 9 nitrogen and oxygen atoms in total. The van der Waals surface area contributed by atoms with Crippen LogP contribution in [0.2, 0.25) is 0 Å². The monoisotopic (exact) mass is 477 g/mol. The molecule has 178 valence electrons. The molecule has 5 aromatic heterocycles. The number of hydrogen-bond donors (Lipinski definition) is 3. The van der Waals surface area contributed by atoms with Crippen LogP contribution in [0.25, 0.3) is 55.7 Å². The minimum atomic E-state index is -0.500. The summed E-state index contributed by atoms with van der Waals surface area (Å²) >= 11 is 0. The molecule has 0 bridgehead atoms. The van der Waals surface area contributed by atoms with Crippen molar-refractivity contribution in [3.8, 4) is 33.8 Å². The molecule has 0 saturated carbocycles. The number of nitrogens with one attached hydrogen (secondary N) is 3. The fourth-order valence-electron chi connectivity index (χ4n) is 4.03. The van der Waals surface area contributed by atoms with E-state index >= 15 is 0 Å². The largest absolute Gasteiger partial charge is 0.472 e. The molecule has 1 aromatic carbocycles. The number of aromatic amines is 2. The van der Waals surface area contributed by atoms with Crippen LogP contribution in [0, 0.1) is 5.41 Å². The van der Waals surface area contributed by atoms with Crippen molar-refractivity contribution in [2.24, 2.45) is 5.41 Å². The molecule has 5 heterocycles. The Labute approximate surface area is 206 Å². The quantitative estimate of drug-likeness (QED) is 0.294. The molecular weight excluding hydrogens is 454 g/mol. The Morgan fingerprint density at radius 2 is 1.81 bits per heavy atom. The summed E-state index contributed by atoms with van der Waals surface area (Å²) in [6, 6.07) is 9.82. The second-order valence-corrected chi connectivity index (χ2v) is 9.68. The van der Waals surface area contributed by atoms with Crippen LogP contribution in [-0.4, -0.2) is 36.0 Å². The molecule has 0 aliphatic rings. The molecule has 0 saturated heterocycles. The highest BCUT2D eigenvalue weighted by Crippen LogP contribution is 2.33. The Morgan fingerprint density at radius 1 is 0.944 bits per heavy atom. The molecule has 6 aromatic rings. The van der Waals surface area contributed by atoms with E-state index in [4.69, 9.17) is 9.40 Å². The van der Waals surface area contributed by atoms with Crippen molar-refractivity contribution in [2.45, 2.75) is 20.8 Å². The van der Waals surface area contributed by atoms with Crippen molar-refractivity contribution in [2.75, 3.05) is 5.32 Å². The van der Waals surface area contributed by atoms with Crippen LogP contribution in [0.15, 0.2) is 72.1 Å². The summed E-state index contributed by atoms with van der Waals surface area (Å²) in [6.45, 7) is 5.63. The molecule has 0 unspecified atom stereocenters. The number of pyridine rings is 2. The number of imidazole rings is 1. The van der Waals surface area contributed by atoms with E-state index in [9.17, 15) is 4.79 Å². The zero-order valence-electron chi connectivity index (χ0n) is 20.0. The zero-order valence-corrected chi connectivity index (χ0v) is 20.0. The van der Waals surface area contributed by atoms with Crippen LogP contribution < -0.4 is 5.32 Å². The van der Waals surface area contributed by atoms with Gasteiger partial charge in [-0.15, -0.1) is 0 Å². The van der Waals surface area contributed by atoms with Gasteiger partial charge in [-0.1, -0.05) is 26.8 Å². The Bertz CT molecular complexity index is 1720. The number of benzene rings is 1. The number of amides is 1. The molecule has 9 heteroatoms.